The highest BCUT2D eigenvalue weighted by molar-refractivity contribution is 6.31. The molecule has 1 aromatic heterocycles. The molecule has 102 valence electrons. The topological polar surface area (TPSA) is 25.2 Å². The van der Waals surface area contributed by atoms with Gasteiger partial charge in [0.1, 0.15) is 5.82 Å². The van der Waals surface area contributed by atoms with Crippen LogP contribution < -0.4 is 5.32 Å². The summed E-state index contributed by atoms with van der Waals surface area (Å²) in [5.41, 5.74) is 1.66. The fourth-order valence-corrected chi connectivity index (χ4v) is 2.41. The van der Waals surface area contributed by atoms with Crippen LogP contribution in [-0.4, -0.2) is 12.6 Å². The van der Waals surface area contributed by atoms with Crippen molar-refractivity contribution >= 4 is 11.6 Å². The quantitative estimate of drug-likeness (QED) is 0.870. The SMILES string of the molecule is CCNC(Cc1ccoc1)Cc1c(F)cccc1Cl. The summed E-state index contributed by atoms with van der Waals surface area (Å²) in [7, 11) is 0. The normalized spacial score (nSPS) is 12.6. The molecule has 0 fully saturated rings. The Hall–Kier alpha value is -1.32. The Bertz CT molecular complexity index is 493. The monoisotopic (exact) mass is 281 g/mol. The Balaban J connectivity index is 2.12. The minimum Gasteiger partial charge on any atom is -0.472 e. The minimum atomic E-state index is -0.248. The van der Waals surface area contributed by atoms with Crippen LogP contribution in [0.2, 0.25) is 5.02 Å². The lowest BCUT2D eigenvalue weighted by molar-refractivity contribution is 0.501. The molecular formula is C15H17ClFNO. The zero-order chi connectivity index (χ0) is 13.7. The standard InChI is InChI=1S/C15H17ClFNO/c1-2-18-12(8-11-6-7-19-10-11)9-13-14(16)4-3-5-15(13)17/h3-7,10,12,18H,2,8-9H2,1H3. The van der Waals surface area contributed by atoms with Crippen LogP contribution in [0.5, 0.6) is 0 Å². The van der Waals surface area contributed by atoms with Gasteiger partial charge in [-0.2, -0.15) is 0 Å². The number of rotatable bonds is 6. The molecule has 4 heteroatoms. The first-order valence-corrected chi connectivity index (χ1v) is 6.75. The smallest absolute Gasteiger partial charge is 0.127 e. The van der Waals surface area contributed by atoms with Gasteiger partial charge in [-0.05, 0) is 43.1 Å². The fourth-order valence-electron chi connectivity index (χ4n) is 2.17. The van der Waals surface area contributed by atoms with Gasteiger partial charge in [0.2, 0.25) is 0 Å². The Morgan fingerprint density at radius 1 is 1.32 bits per heavy atom. The van der Waals surface area contributed by atoms with Crippen molar-refractivity contribution in [1.82, 2.24) is 5.32 Å². The predicted molar refractivity (Wildman–Crippen MR) is 75.0 cm³/mol. The largest absolute Gasteiger partial charge is 0.472 e. The number of halogens is 2. The molecule has 0 aliphatic heterocycles. The zero-order valence-corrected chi connectivity index (χ0v) is 11.6. The molecule has 0 bridgehead atoms. The molecule has 0 spiro atoms. The summed E-state index contributed by atoms with van der Waals surface area (Å²) in [4.78, 5) is 0. The molecule has 0 saturated heterocycles. The second kappa shape index (κ2) is 6.73. The molecule has 1 atom stereocenters. The van der Waals surface area contributed by atoms with Gasteiger partial charge < -0.3 is 9.73 Å². The van der Waals surface area contributed by atoms with Gasteiger partial charge in [0.25, 0.3) is 0 Å². The zero-order valence-electron chi connectivity index (χ0n) is 10.8. The van der Waals surface area contributed by atoms with Gasteiger partial charge in [0.05, 0.1) is 12.5 Å². The number of likely N-dealkylation sites (N-methyl/N-ethyl adjacent to an activating group) is 1. The molecule has 2 aromatic rings. The maximum absolute atomic E-state index is 13.8. The number of hydrogen-bond donors (Lipinski definition) is 1. The van der Waals surface area contributed by atoms with Gasteiger partial charge in [-0.1, -0.05) is 24.6 Å². The van der Waals surface area contributed by atoms with Crippen LogP contribution in [0, 0.1) is 5.82 Å². The van der Waals surface area contributed by atoms with Crippen LogP contribution in [0.1, 0.15) is 18.1 Å². The third kappa shape index (κ3) is 3.82. The summed E-state index contributed by atoms with van der Waals surface area (Å²) in [5.74, 6) is -0.248. The first kappa shape index (κ1) is 14.1. The number of benzene rings is 1. The van der Waals surface area contributed by atoms with Crippen LogP contribution >= 0.6 is 11.6 Å². The van der Waals surface area contributed by atoms with Crippen LogP contribution in [0.15, 0.2) is 41.2 Å². The van der Waals surface area contributed by atoms with E-state index in [9.17, 15) is 4.39 Å². The van der Waals surface area contributed by atoms with Crippen molar-refractivity contribution in [3.63, 3.8) is 0 Å². The molecule has 19 heavy (non-hydrogen) atoms. The third-order valence-electron chi connectivity index (χ3n) is 3.07. The van der Waals surface area contributed by atoms with Crippen LogP contribution in [0.3, 0.4) is 0 Å². The summed E-state index contributed by atoms with van der Waals surface area (Å²) >= 11 is 6.07. The molecule has 0 amide bonds. The van der Waals surface area contributed by atoms with Crippen LogP contribution in [-0.2, 0) is 12.8 Å². The van der Waals surface area contributed by atoms with Gasteiger partial charge in [-0.25, -0.2) is 4.39 Å². The van der Waals surface area contributed by atoms with Crippen LogP contribution in [0.4, 0.5) is 4.39 Å². The van der Waals surface area contributed by atoms with E-state index in [-0.39, 0.29) is 11.9 Å². The first-order chi connectivity index (χ1) is 9.20. The van der Waals surface area contributed by atoms with Gasteiger partial charge >= 0.3 is 0 Å². The third-order valence-corrected chi connectivity index (χ3v) is 3.42. The van der Waals surface area contributed by atoms with E-state index in [0.717, 1.165) is 18.5 Å². The van der Waals surface area contributed by atoms with E-state index in [1.807, 2.05) is 13.0 Å². The number of furan rings is 1. The van der Waals surface area contributed by atoms with E-state index in [0.29, 0.717) is 17.0 Å². The van der Waals surface area contributed by atoms with Gasteiger partial charge in [0, 0.05) is 16.6 Å². The molecule has 0 radical (unpaired) electrons. The Morgan fingerprint density at radius 3 is 2.79 bits per heavy atom. The Kier molecular flexibility index (Phi) is 5.00. The van der Waals surface area contributed by atoms with E-state index in [1.54, 1.807) is 24.7 Å². The average Bonchev–Trinajstić information content (AvgIpc) is 2.87. The summed E-state index contributed by atoms with van der Waals surface area (Å²) in [6.45, 7) is 2.86. The van der Waals surface area contributed by atoms with Gasteiger partial charge in [-0.15, -0.1) is 0 Å². The van der Waals surface area contributed by atoms with Crippen molar-refractivity contribution in [2.75, 3.05) is 6.54 Å². The lowest BCUT2D eigenvalue weighted by Crippen LogP contribution is -2.33. The van der Waals surface area contributed by atoms with E-state index >= 15 is 0 Å². The van der Waals surface area contributed by atoms with Crippen molar-refractivity contribution in [3.05, 3.63) is 58.8 Å². The lowest BCUT2D eigenvalue weighted by atomic mass is 10.00. The predicted octanol–water partition coefficient (Wildman–Crippen LogP) is 3.84. The molecule has 0 aliphatic rings. The molecule has 2 nitrogen and oxygen atoms in total. The molecule has 2 rings (SSSR count). The second-order valence-electron chi connectivity index (χ2n) is 4.49. The van der Waals surface area contributed by atoms with E-state index in [1.165, 1.54) is 6.07 Å². The van der Waals surface area contributed by atoms with Gasteiger partial charge in [-0.3, -0.25) is 0 Å². The van der Waals surface area contributed by atoms with Crippen molar-refractivity contribution in [2.24, 2.45) is 0 Å². The molecule has 1 heterocycles. The molecule has 1 N–H and O–H groups in total. The Morgan fingerprint density at radius 2 is 2.16 bits per heavy atom. The highest BCUT2D eigenvalue weighted by Crippen LogP contribution is 2.21. The highest BCUT2D eigenvalue weighted by atomic mass is 35.5. The van der Waals surface area contributed by atoms with E-state index < -0.39 is 0 Å². The molecule has 1 aromatic carbocycles. The van der Waals surface area contributed by atoms with Crippen molar-refractivity contribution in [3.8, 4) is 0 Å². The maximum atomic E-state index is 13.8. The molecule has 0 aliphatic carbocycles. The van der Waals surface area contributed by atoms with Crippen molar-refractivity contribution in [2.45, 2.75) is 25.8 Å². The maximum Gasteiger partial charge on any atom is 0.127 e. The molecule has 0 saturated carbocycles. The summed E-state index contributed by atoms with van der Waals surface area (Å²) in [5, 5.41) is 3.84. The van der Waals surface area contributed by atoms with Crippen molar-refractivity contribution in [1.29, 1.82) is 0 Å². The van der Waals surface area contributed by atoms with Crippen LogP contribution in [0.25, 0.3) is 0 Å². The summed E-state index contributed by atoms with van der Waals surface area (Å²) in [6, 6.07) is 6.85. The summed E-state index contributed by atoms with van der Waals surface area (Å²) < 4.78 is 18.9. The fraction of sp³-hybridized carbons (Fsp3) is 0.333. The van der Waals surface area contributed by atoms with E-state index in [2.05, 4.69) is 5.32 Å². The Labute approximate surface area is 117 Å². The van der Waals surface area contributed by atoms with E-state index in [4.69, 9.17) is 16.0 Å². The number of nitrogens with one attached hydrogen (secondary N) is 1. The minimum absolute atomic E-state index is 0.136. The van der Waals surface area contributed by atoms with Crippen molar-refractivity contribution < 1.29 is 8.81 Å². The molecule has 1 unspecified atom stereocenters. The summed E-state index contributed by atoms with van der Waals surface area (Å²) in [6.07, 6.45) is 4.71. The number of hydrogen-bond acceptors (Lipinski definition) is 2. The highest BCUT2D eigenvalue weighted by Gasteiger charge is 2.15. The van der Waals surface area contributed by atoms with Gasteiger partial charge in [0.15, 0.2) is 0 Å². The average molecular weight is 282 g/mol. The second-order valence-corrected chi connectivity index (χ2v) is 4.90. The first-order valence-electron chi connectivity index (χ1n) is 6.38. The molecular weight excluding hydrogens is 265 g/mol. The lowest BCUT2D eigenvalue weighted by Gasteiger charge is -2.18.